The van der Waals surface area contributed by atoms with Gasteiger partial charge in [-0.05, 0) is 25.8 Å². The molecule has 6 heteroatoms. The smallest absolute Gasteiger partial charge is 0.223 e. The molecule has 0 spiro atoms. The van der Waals surface area contributed by atoms with Crippen molar-refractivity contribution in [1.29, 1.82) is 0 Å². The molecule has 2 aromatic rings. The fourth-order valence-corrected chi connectivity index (χ4v) is 3.09. The Labute approximate surface area is 155 Å². The van der Waals surface area contributed by atoms with Crippen molar-refractivity contribution in [2.45, 2.75) is 38.1 Å². The molecule has 2 heterocycles. The zero-order valence-corrected chi connectivity index (χ0v) is 15.4. The number of hydrogen-bond acceptors (Lipinski definition) is 4. The summed E-state index contributed by atoms with van der Waals surface area (Å²) in [6.45, 7) is 1.78. The molecule has 0 radical (unpaired) electrons. The number of hydrogen-bond donors (Lipinski definition) is 1. The van der Waals surface area contributed by atoms with Crippen LogP contribution in [0.4, 0.5) is 0 Å². The first-order chi connectivity index (χ1) is 11.7. The van der Waals surface area contributed by atoms with Crippen LogP contribution in [0.3, 0.4) is 0 Å². The second-order valence-electron chi connectivity index (χ2n) is 6.46. The van der Waals surface area contributed by atoms with Crippen molar-refractivity contribution < 1.29 is 9.32 Å². The summed E-state index contributed by atoms with van der Waals surface area (Å²) in [5, 5.41) is 7.50. The normalized spacial score (nSPS) is 16.4. The van der Waals surface area contributed by atoms with E-state index < -0.39 is 0 Å². The highest BCUT2D eigenvalue weighted by molar-refractivity contribution is 5.85. The third-order valence-corrected chi connectivity index (χ3v) is 4.55. The minimum atomic E-state index is 0. The summed E-state index contributed by atoms with van der Waals surface area (Å²) in [5.74, 6) is 1.09. The van der Waals surface area contributed by atoms with Crippen molar-refractivity contribution >= 4 is 18.3 Å². The molecule has 1 saturated heterocycles. The number of carbonyl (C=O) groups is 1. The molecule has 1 aromatic heterocycles. The van der Waals surface area contributed by atoms with Gasteiger partial charge in [0.05, 0.1) is 0 Å². The quantitative estimate of drug-likeness (QED) is 0.820. The third-order valence-electron chi connectivity index (χ3n) is 4.55. The molecule has 136 valence electrons. The minimum Gasteiger partial charge on any atom is -0.361 e. The van der Waals surface area contributed by atoms with Crippen molar-refractivity contribution in [2.75, 3.05) is 20.1 Å². The fourth-order valence-electron chi connectivity index (χ4n) is 3.09. The van der Waals surface area contributed by atoms with Crippen LogP contribution in [0.1, 0.15) is 31.4 Å². The maximum absolute atomic E-state index is 12.2. The number of carbonyl (C=O) groups excluding carboxylic acids is 1. The van der Waals surface area contributed by atoms with E-state index in [-0.39, 0.29) is 18.3 Å². The average Bonchev–Trinajstić information content (AvgIpc) is 3.27. The Morgan fingerprint density at radius 2 is 2.16 bits per heavy atom. The zero-order chi connectivity index (χ0) is 16.8. The molecule has 0 saturated carbocycles. The highest BCUT2D eigenvalue weighted by atomic mass is 35.5. The SMILES string of the molecule is CN(CCCc1cc(-c2ccccc2)no1)C(=O)CC1CCCN1.Cl. The summed E-state index contributed by atoms with van der Waals surface area (Å²) in [6.07, 6.45) is 4.57. The van der Waals surface area contributed by atoms with Gasteiger partial charge in [0.2, 0.25) is 5.91 Å². The van der Waals surface area contributed by atoms with Crippen LogP contribution < -0.4 is 5.32 Å². The second-order valence-corrected chi connectivity index (χ2v) is 6.46. The molecule has 0 bridgehead atoms. The highest BCUT2D eigenvalue weighted by Crippen LogP contribution is 2.19. The lowest BCUT2D eigenvalue weighted by Gasteiger charge is -2.19. The van der Waals surface area contributed by atoms with Gasteiger partial charge < -0.3 is 14.7 Å². The van der Waals surface area contributed by atoms with Crippen LogP contribution in [0.25, 0.3) is 11.3 Å². The minimum absolute atomic E-state index is 0. The standard InChI is InChI=1S/C19H25N3O2.ClH/c1-22(19(23)13-16-9-5-11-20-16)12-6-10-17-14-18(21-24-17)15-7-3-2-4-8-15;/h2-4,7-8,14,16,20H,5-6,9-13H2,1H3;1H. The first-order valence-corrected chi connectivity index (χ1v) is 8.71. The number of amides is 1. The van der Waals surface area contributed by atoms with E-state index in [2.05, 4.69) is 10.5 Å². The topological polar surface area (TPSA) is 58.4 Å². The van der Waals surface area contributed by atoms with E-state index in [1.807, 2.05) is 48.3 Å². The lowest BCUT2D eigenvalue weighted by molar-refractivity contribution is -0.130. The summed E-state index contributed by atoms with van der Waals surface area (Å²) >= 11 is 0. The number of nitrogens with zero attached hydrogens (tertiary/aromatic N) is 2. The Balaban J connectivity index is 0.00000225. The number of aryl methyl sites for hydroxylation is 1. The molecular formula is C19H26ClN3O2. The molecule has 3 rings (SSSR count). The molecule has 0 aliphatic carbocycles. The Bertz CT molecular complexity index is 654. The van der Waals surface area contributed by atoms with Crippen molar-refractivity contribution in [1.82, 2.24) is 15.4 Å². The van der Waals surface area contributed by atoms with Gasteiger partial charge >= 0.3 is 0 Å². The summed E-state index contributed by atoms with van der Waals surface area (Å²) in [5.41, 5.74) is 1.92. The molecule has 1 unspecified atom stereocenters. The Hall–Kier alpha value is -1.85. The lowest BCUT2D eigenvalue weighted by Crippen LogP contribution is -2.34. The Morgan fingerprint density at radius 1 is 1.36 bits per heavy atom. The van der Waals surface area contributed by atoms with E-state index in [0.717, 1.165) is 49.4 Å². The second kappa shape index (κ2) is 9.59. The molecule has 1 N–H and O–H groups in total. The van der Waals surface area contributed by atoms with E-state index in [1.165, 1.54) is 6.42 Å². The van der Waals surface area contributed by atoms with Gasteiger partial charge in [0.25, 0.3) is 0 Å². The number of benzene rings is 1. The van der Waals surface area contributed by atoms with E-state index in [9.17, 15) is 4.79 Å². The zero-order valence-electron chi connectivity index (χ0n) is 14.6. The van der Waals surface area contributed by atoms with Gasteiger partial charge in [-0.25, -0.2) is 0 Å². The van der Waals surface area contributed by atoms with E-state index in [4.69, 9.17) is 4.52 Å². The molecule has 1 aliphatic heterocycles. The summed E-state index contributed by atoms with van der Waals surface area (Å²) in [7, 11) is 1.88. The Morgan fingerprint density at radius 3 is 2.88 bits per heavy atom. The molecule has 1 atom stereocenters. The number of aromatic nitrogens is 1. The summed E-state index contributed by atoms with van der Waals surface area (Å²) in [6, 6.07) is 12.4. The largest absolute Gasteiger partial charge is 0.361 e. The summed E-state index contributed by atoms with van der Waals surface area (Å²) in [4.78, 5) is 14.0. The van der Waals surface area contributed by atoms with Crippen LogP contribution >= 0.6 is 12.4 Å². The molecular weight excluding hydrogens is 338 g/mol. The van der Waals surface area contributed by atoms with Gasteiger partial charge in [-0.2, -0.15) is 0 Å². The van der Waals surface area contributed by atoms with Gasteiger partial charge in [0.1, 0.15) is 11.5 Å². The van der Waals surface area contributed by atoms with Gasteiger partial charge in [-0.3, -0.25) is 4.79 Å². The summed E-state index contributed by atoms with van der Waals surface area (Å²) < 4.78 is 5.41. The maximum atomic E-state index is 12.2. The van der Waals surface area contributed by atoms with E-state index >= 15 is 0 Å². The van der Waals surface area contributed by atoms with Gasteiger partial charge in [0, 0.05) is 44.1 Å². The van der Waals surface area contributed by atoms with Crippen LogP contribution in [0.15, 0.2) is 40.9 Å². The molecule has 1 fully saturated rings. The average molecular weight is 364 g/mol. The van der Waals surface area contributed by atoms with Gasteiger partial charge in [0.15, 0.2) is 0 Å². The van der Waals surface area contributed by atoms with Crippen molar-refractivity contribution in [3.05, 3.63) is 42.2 Å². The Kier molecular flexibility index (Phi) is 7.47. The molecule has 1 amide bonds. The number of nitrogens with one attached hydrogen (secondary N) is 1. The van der Waals surface area contributed by atoms with Crippen molar-refractivity contribution in [3.8, 4) is 11.3 Å². The van der Waals surface area contributed by atoms with E-state index in [0.29, 0.717) is 12.5 Å². The maximum Gasteiger partial charge on any atom is 0.223 e. The first-order valence-electron chi connectivity index (χ1n) is 8.71. The van der Waals surface area contributed by atoms with Gasteiger partial charge in [-0.1, -0.05) is 35.5 Å². The first kappa shape index (κ1) is 19.5. The highest BCUT2D eigenvalue weighted by Gasteiger charge is 2.19. The van der Waals surface area contributed by atoms with Gasteiger partial charge in [-0.15, -0.1) is 12.4 Å². The van der Waals surface area contributed by atoms with Crippen LogP contribution in [0.5, 0.6) is 0 Å². The van der Waals surface area contributed by atoms with E-state index in [1.54, 1.807) is 0 Å². The number of halogens is 1. The van der Waals surface area contributed by atoms with Crippen molar-refractivity contribution in [3.63, 3.8) is 0 Å². The molecule has 1 aliphatic rings. The third kappa shape index (κ3) is 5.58. The van der Waals surface area contributed by atoms with Crippen LogP contribution in [0.2, 0.25) is 0 Å². The predicted octanol–water partition coefficient (Wildman–Crippen LogP) is 3.30. The molecule has 25 heavy (non-hydrogen) atoms. The molecule has 1 aromatic carbocycles. The van der Waals surface area contributed by atoms with Crippen LogP contribution in [-0.4, -0.2) is 42.1 Å². The number of rotatable bonds is 7. The molecule has 5 nitrogen and oxygen atoms in total. The van der Waals surface area contributed by atoms with Crippen LogP contribution in [0, 0.1) is 0 Å². The van der Waals surface area contributed by atoms with Crippen LogP contribution in [-0.2, 0) is 11.2 Å². The fraction of sp³-hybridized carbons (Fsp3) is 0.474. The monoisotopic (exact) mass is 363 g/mol. The lowest BCUT2D eigenvalue weighted by atomic mass is 10.1. The predicted molar refractivity (Wildman–Crippen MR) is 101 cm³/mol. The van der Waals surface area contributed by atoms with Crippen molar-refractivity contribution in [2.24, 2.45) is 0 Å².